The SMILES string of the molecule is CCNC(CC)(CO)CCCN1C(C)CCC1CC. The topological polar surface area (TPSA) is 35.5 Å². The zero-order valence-electron chi connectivity index (χ0n) is 13.4. The van der Waals surface area contributed by atoms with Crippen LogP contribution in [0.1, 0.15) is 66.2 Å². The smallest absolute Gasteiger partial charge is 0.0613 e. The normalized spacial score (nSPS) is 27.6. The van der Waals surface area contributed by atoms with Crippen LogP contribution in [-0.4, -0.2) is 47.3 Å². The van der Waals surface area contributed by atoms with Gasteiger partial charge in [0.25, 0.3) is 0 Å². The Morgan fingerprint density at radius 1 is 1.26 bits per heavy atom. The number of nitrogens with zero attached hydrogens (tertiary/aromatic N) is 1. The molecule has 2 N–H and O–H groups in total. The quantitative estimate of drug-likeness (QED) is 0.676. The average molecular weight is 270 g/mol. The Morgan fingerprint density at radius 2 is 2.00 bits per heavy atom. The van der Waals surface area contributed by atoms with Crippen LogP contribution in [0.3, 0.4) is 0 Å². The van der Waals surface area contributed by atoms with E-state index in [1.54, 1.807) is 0 Å². The Kier molecular flexibility index (Phi) is 7.33. The lowest BCUT2D eigenvalue weighted by Gasteiger charge is -2.34. The monoisotopic (exact) mass is 270 g/mol. The molecule has 0 aromatic rings. The van der Waals surface area contributed by atoms with Crippen LogP contribution in [0.4, 0.5) is 0 Å². The number of nitrogens with one attached hydrogen (secondary N) is 1. The number of likely N-dealkylation sites (N-methyl/N-ethyl adjacent to an activating group) is 1. The van der Waals surface area contributed by atoms with Gasteiger partial charge in [0.15, 0.2) is 0 Å². The molecule has 114 valence electrons. The first kappa shape index (κ1) is 16.9. The van der Waals surface area contributed by atoms with Crippen molar-refractivity contribution in [3.05, 3.63) is 0 Å². The van der Waals surface area contributed by atoms with Crippen molar-refractivity contribution in [2.24, 2.45) is 0 Å². The molecule has 3 nitrogen and oxygen atoms in total. The molecule has 0 amide bonds. The lowest BCUT2D eigenvalue weighted by Crippen LogP contribution is -2.48. The highest BCUT2D eigenvalue weighted by atomic mass is 16.3. The summed E-state index contributed by atoms with van der Waals surface area (Å²) in [6.45, 7) is 11.3. The van der Waals surface area contributed by atoms with Gasteiger partial charge in [-0.2, -0.15) is 0 Å². The van der Waals surface area contributed by atoms with E-state index in [0.717, 1.165) is 31.5 Å². The van der Waals surface area contributed by atoms with E-state index in [4.69, 9.17) is 0 Å². The van der Waals surface area contributed by atoms with Crippen molar-refractivity contribution in [1.29, 1.82) is 0 Å². The molecule has 3 unspecified atom stereocenters. The van der Waals surface area contributed by atoms with Gasteiger partial charge in [-0.05, 0) is 58.5 Å². The summed E-state index contributed by atoms with van der Waals surface area (Å²) in [5.74, 6) is 0. The van der Waals surface area contributed by atoms with Gasteiger partial charge in [-0.25, -0.2) is 0 Å². The van der Waals surface area contributed by atoms with Crippen LogP contribution in [0.5, 0.6) is 0 Å². The average Bonchev–Trinajstić information content (AvgIpc) is 2.78. The molecule has 1 fully saturated rings. The lowest BCUT2D eigenvalue weighted by atomic mass is 9.91. The number of hydrogen-bond acceptors (Lipinski definition) is 3. The predicted octanol–water partition coefficient (Wildman–Crippen LogP) is 2.78. The summed E-state index contributed by atoms with van der Waals surface area (Å²) in [5, 5.41) is 13.2. The summed E-state index contributed by atoms with van der Waals surface area (Å²) in [7, 11) is 0. The molecular weight excluding hydrogens is 236 g/mol. The molecule has 1 rings (SSSR count). The maximum absolute atomic E-state index is 9.67. The third-order valence-electron chi connectivity index (χ3n) is 5.03. The van der Waals surface area contributed by atoms with E-state index in [0.29, 0.717) is 0 Å². The Hall–Kier alpha value is -0.120. The zero-order chi connectivity index (χ0) is 14.3. The first-order valence-electron chi connectivity index (χ1n) is 8.24. The fourth-order valence-corrected chi connectivity index (χ4v) is 3.58. The van der Waals surface area contributed by atoms with Gasteiger partial charge in [0.1, 0.15) is 0 Å². The van der Waals surface area contributed by atoms with Gasteiger partial charge in [0.05, 0.1) is 6.61 Å². The summed E-state index contributed by atoms with van der Waals surface area (Å²) in [5.41, 5.74) is -0.0561. The van der Waals surface area contributed by atoms with Crippen molar-refractivity contribution in [2.75, 3.05) is 19.7 Å². The third kappa shape index (κ3) is 4.44. The number of rotatable bonds is 9. The molecule has 1 aliphatic rings. The minimum atomic E-state index is -0.0561. The van der Waals surface area contributed by atoms with Gasteiger partial charge < -0.3 is 10.4 Å². The van der Waals surface area contributed by atoms with Crippen molar-refractivity contribution < 1.29 is 5.11 Å². The second-order valence-electron chi connectivity index (χ2n) is 6.15. The molecule has 0 aromatic heterocycles. The van der Waals surface area contributed by atoms with E-state index in [-0.39, 0.29) is 12.1 Å². The van der Waals surface area contributed by atoms with Crippen LogP contribution in [0.2, 0.25) is 0 Å². The fraction of sp³-hybridized carbons (Fsp3) is 1.00. The zero-order valence-corrected chi connectivity index (χ0v) is 13.4. The van der Waals surface area contributed by atoms with E-state index in [1.165, 1.54) is 32.2 Å². The van der Waals surface area contributed by atoms with Crippen molar-refractivity contribution in [3.8, 4) is 0 Å². The summed E-state index contributed by atoms with van der Waals surface area (Å²) >= 11 is 0. The summed E-state index contributed by atoms with van der Waals surface area (Å²) in [4.78, 5) is 2.68. The highest BCUT2D eigenvalue weighted by Crippen LogP contribution is 2.27. The number of aliphatic hydroxyl groups is 1. The van der Waals surface area contributed by atoms with Crippen molar-refractivity contribution >= 4 is 0 Å². The van der Waals surface area contributed by atoms with Crippen LogP contribution >= 0.6 is 0 Å². The number of likely N-dealkylation sites (tertiary alicyclic amines) is 1. The van der Waals surface area contributed by atoms with Crippen molar-refractivity contribution in [3.63, 3.8) is 0 Å². The molecule has 1 aliphatic heterocycles. The Bertz CT molecular complexity index is 241. The van der Waals surface area contributed by atoms with Gasteiger partial charge in [0.2, 0.25) is 0 Å². The predicted molar refractivity (Wildman–Crippen MR) is 82.5 cm³/mol. The van der Waals surface area contributed by atoms with E-state index < -0.39 is 0 Å². The van der Waals surface area contributed by atoms with Gasteiger partial charge in [-0.1, -0.05) is 20.8 Å². The lowest BCUT2D eigenvalue weighted by molar-refractivity contribution is 0.132. The fourth-order valence-electron chi connectivity index (χ4n) is 3.58. The molecule has 1 heterocycles. The first-order chi connectivity index (χ1) is 9.12. The molecule has 0 aromatic carbocycles. The molecule has 0 spiro atoms. The molecular formula is C16H34N2O. The summed E-state index contributed by atoms with van der Waals surface area (Å²) in [6, 6.07) is 1.54. The Labute approximate surface area is 119 Å². The molecule has 19 heavy (non-hydrogen) atoms. The molecule has 3 heteroatoms. The maximum Gasteiger partial charge on any atom is 0.0613 e. The summed E-state index contributed by atoms with van der Waals surface area (Å²) < 4.78 is 0. The van der Waals surface area contributed by atoms with Crippen LogP contribution in [0, 0.1) is 0 Å². The highest BCUT2D eigenvalue weighted by molar-refractivity contribution is 4.88. The van der Waals surface area contributed by atoms with Gasteiger partial charge in [-0.3, -0.25) is 4.90 Å². The molecule has 0 aliphatic carbocycles. The first-order valence-corrected chi connectivity index (χ1v) is 8.24. The third-order valence-corrected chi connectivity index (χ3v) is 5.03. The van der Waals surface area contributed by atoms with Crippen molar-refractivity contribution in [1.82, 2.24) is 10.2 Å². The second-order valence-corrected chi connectivity index (χ2v) is 6.15. The van der Waals surface area contributed by atoms with E-state index in [2.05, 4.69) is 37.9 Å². The molecule has 0 bridgehead atoms. The number of aliphatic hydroxyl groups excluding tert-OH is 1. The van der Waals surface area contributed by atoms with Gasteiger partial charge in [0, 0.05) is 17.6 Å². The van der Waals surface area contributed by atoms with Crippen LogP contribution in [0.25, 0.3) is 0 Å². The minimum Gasteiger partial charge on any atom is -0.394 e. The standard InChI is InChI=1S/C16H34N2O/c1-5-15-10-9-14(4)18(15)12-8-11-16(6-2,13-19)17-7-3/h14-15,17,19H,5-13H2,1-4H3. The van der Waals surface area contributed by atoms with Crippen molar-refractivity contribution in [2.45, 2.75) is 83.8 Å². The second kappa shape index (κ2) is 8.23. The minimum absolute atomic E-state index is 0.0561. The van der Waals surface area contributed by atoms with E-state index in [9.17, 15) is 5.11 Å². The van der Waals surface area contributed by atoms with Gasteiger partial charge in [-0.15, -0.1) is 0 Å². The molecule has 3 atom stereocenters. The van der Waals surface area contributed by atoms with E-state index in [1.807, 2.05) is 0 Å². The van der Waals surface area contributed by atoms with Crippen LogP contribution in [-0.2, 0) is 0 Å². The van der Waals surface area contributed by atoms with Crippen LogP contribution in [0.15, 0.2) is 0 Å². The highest BCUT2D eigenvalue weighted by Gasteiger charge is 2.30. The maximum atomic E-state index is 9.67. The molecule has 0 saturated carbocycles. The Morgan fingerprint density at radius 3 is 2.53 bits per heavy atom. The van der Waals surface area contributed by atoms with Crippen LogP contribution < -0.4 is 5.32 Å². The van der Waals surface area contributed by atoms with E-state index >= 15 is 0 Å². The largest absolute Gasteiger partial charge is 0.394 e. The number of hydrogen-bond donors (Lipinski definition) is 2. The van der Waals surface area contributed by atoms with Gasteiger partial charge >= 0.3 is 0 Å². The molecule has 1 saturated heterocycles. The summed E-state index contributed by atoms with van der Waals surface area (Å²) in [6.07, 6.45) is 7.25. The Balaban J connectivity index is 2.42. The molecule has 0 radical (unpaired) electrons.